The third-order valence-corrected chi connectivity index (χ3v) is 4.50. The van der Waals surface area contributed by atoms with Crippen LogP contribution in [0.2, 0.25) is 0 Å². The molecule has 0 aromatic carbocycles. The number of hydrogen-bond acceptors (Lipinski definition) is 2. The van der Waals surface area contributed by atoms with Crippen LogP contribution in [0.15, 0.2) is 0 Å². The van der Waals surface area contributed by atoms with Crippen molar-refractivity contribution in [2.45, 2.75) is 43.9 Å². The van der Waals surface area contributed by atoms with Crippen molar-refractivity contribution in [3.8, 4) is 0 Å². The van der Waals surface area contributed by atoms with E-state index in [0.717, 1.165) is 11.2 Å². The van der Waals surface area contributed by atoms with E-state index in [2.05, 4.69) is 29.8 Å². The predicted molar refractivity (Wildman–Crippen MR) is 60.8 cm³/mol. The summed E-state index contributed by atoms with van der Waals surface area (Å²) in [5, 5.41) is 2.34. The van der Waals surface area contributed by atoms with Crippen molar-refractivity contribution in [1.29, 1.82) is 0 Å². The monoisotopic (exact) mass is 259 g/mol. The van der Waals surface area contributed by atoms with E-state index in [1.165, 1.54) is 28.4 Å². The number of halogens is 1. The van der Waals surface area contributed by atoms with Gasteiger partial charge in [-0.2, -0.15) is 0 Å². The summed E-state index contributed by atoms with van der Waals surface area (Å²) in [4.78, 5) is 6.16. The third-order valence-electron chi connectivity index (χ3n) is 2.34. The van der Waals surface area contributed by atoms with Gasteiger partial charge in [0, 0.05) is 16.1 Å². The molecule has 0 radical (unpaired) electrons. The van der Waals surface area contributed by atoms with Gasteiger partial charge in [0.2, 0.25) is 0 Å². The van der Waals surface area contributed by atoms with Crippen molar-refractivity contribution in [3.63, 3.8) is 0 Å². The van der Waals surface area contributed by atoms with Gasteiger partial charge in [-0.25, -0.2) is 4.98 Å². The molecule has 1 aliphatic rings. The zero-order valence-electron chi connectivity index (χ0n) is 8.01. The van der Waals surface area contributed by atoms with Crippen LogP contribution >= 0.6 is 27.3 Å². The molecule has 0 bridgehead atoms. The van der Waals surface area contributed by atoms with Crippen molar-refractivity contribution < 1.29 is 0 Å². The molecule has 0 unspecified atom stereocenters. The summed E-state index contributed by atoms with van der Waals surface area (Å²) in [5.41, 5.74) is 1.31. The average Bonchev–Trinajstić information content (AvgIpc) is 2.84. The van der Waals surface area contributed by atoms with Crippen molar-refractivity contribution in [2.75, 3.05) is 0 Å². The molecule has 1 fully saturated rings. The molecule has 0 spiro atoms. The van der Waals surface area contributed by atoms with Crippen LogP contribution in [0.25, 0.3) is 0 Å². The van der Waals surface area contributed by atoms with E-state index in [9.17, 15) is 0 Å². The van der Waals surface area contributed by atoms with Crippen LogP contribution in [0, 0.1) is 0 Å². The first-order valence-electron chi connectivity index (χ1n) is 4.77. The first kappa shape index (κ1) is 9.66. The van der Waals surface area contributed by atoms with E-state index in [1.54, 1.807) is 0 Å². The molecule has 3 heteroatoms. The Morgan fingerprint density at radius 2 is 2.23 bits per heavy atom. The van der Waals surface area contributed by atoms with Crippen LogP contribution in [0.1, 0.15) is 54.1 Å². The predicted octanol–water partition coefficient (Wildman–Crippen LogP) is 4.04. The summed E-state index contributed by atoms with van der Waals surface area (Å²) < 4.78 is 0. The third kappa shape index (κ3) is 1.96. The summed E-state index contributed by atoms with van der Waals surface area (Å²) in [7, 11) is 0. The second kappa shape index (κ2) is 3.70. The Kier molecular flexibility index (Phi) is 2.75. The zero-order valence-corrected chi connectivity index (χ0v) is 10.4. The highest BCUT2D eigenvalue weighted by molar-refractivity contribution is 9.08. The second-order valence-electron chi connectivity index (χ2n) is 3.92. The summed E-state index contributed by atoms with van der Waals surface area (Å²) in [6, 6.07) is 0. The Hall–Kier alpha value is 0.110. The minimum absolute atomic E-state index is 0.566. The highest BCUT2D eigenvalue weighted by atomic mass is 79.9. The molecular formula is C10H14BrNS. The topological polar surface area (TPSA) is 12.9 Å². The molecule has 72 valence electrons. The van der Waals surface area contributed by atoms with Crippen LogP contribution in [-0.4, -0.2) is 4.98 Å². The first-order chi connectivity index (χ1) is 6.22. The summed E-state index contributed by atoms with van der Waals surface area (Å²) in [6.45, 7) is 4.44. The Bertz CT molecular complexity index is 302. The molecule has 0 aliphatic heterocycles. The van der Waals surface area contributed by atoms with Crippen molar-refractivity contribution in [3.05, 3.63) is 15.6 Å². The Balaban J connectivity index is 2.30. The molecule has 1 nitrogen and oxygen atoms in total. The number of rotatable bonds is 3. The lowest BCUT2D eigenvalue weighted by Crippen LogP contribution is -1.91. The van der Waals surface area contributed by atoms with Gasteiger partial charge in [0.15, 0.2) is 0 Å². The van der Waals surface area contributed by atoms with Gasteiger partial charge in [0.25, 0.3) is 0 Å². The molecule has 1 saturated carbocycles. The maximum absolute atomic E-state index is 4.73. The highest BCUT2D eigenvalue weighted by Gasteiger charge is 2.28. The van der Waals surface area contributed by atoms with Gasteiger partial charge < -0.3 is 0 Å². The largest absolute Gasteiger partial charge is 0.245 e. The van der Waals surface area contributed by atoms with Gasteiger partial charge >= 0.3 is 0 Å². The number of thiazole rings is 1. The number of hydrogen-bond donors (Lipinski definition) is 0. The molecule has 0 atom stereocenters. The molecule has 1 aliphatic carbocycles. The lowest BCUT2D eigenvalue weighted by Gasteiger charge is -2.01. The van der Waals surface area contributed by atoms with E-state index in [4.69, 9.17) is 4.98 Å². The van der Waals surface area contributed by atoms with Crippen LogP contribution in [-0.2, 0) is 5.33 Å². The maximum Gasteiger partial charge on any atom is 0.0962 e. The van der Waals surface area contributed by atoms with Gasteiger partial charge in [-0.05, 0) is 18.8 Å². The van der Waals surface area contributed by atoms with E-state index < -0.39 is 0 Å². The first-order valence-corrected chi connectivity index (χ1v) is 6.71. The molecule has 0 N–H and O–H groups in total. The minimum Gasteiger partial charge on any atom is -0.245 e. The van der Waals surface area contributed by atoms with Crippen molar-refractivity contribution in [1.82, 2.24) is 4.98 Å². The second-order valence-corrected chi connectivity index (χ2v) is 5.60. The number of nitrogens with zero attached hydrogens (tertiary/aromatic N) is 1. The molecular weight excluding hydrogens is 246 g/mol. The van der Waals surface area contributed by atoms with Crippen LogP contribution < -0.4 is 0 Å². The van der Waals surface area contributed by atoms with Crippen molar-refractivity contribution >= 4 is 27.3 Å². The van der Waals surface area contributed by atoms with Crippen LogP contribution in [0.4, 0.5) is 0 Å². The Morgan fingerprint density at radius 1 is 1.54 bits per heavy atom. The normalized spacial score (nSPS) is 16.9. The van der Waals surface area contributed by atoms with Gasteiger partial charge in [-0.1, -0.05) is 29.8 Å². The minimum atomic E-state index is 0.566. The SMILES string of the molecule is CC(C)c1nc(C2CC2)sc1CBr. The summed E-state index contributed by atoms with van der Waals surface area (Å²) in [5.74, 6) is 1.37. The molecule has 1 aromatic heterocycles. The van der Waals surface area contributed by atoms with E-state index >= 15 is 0 Å². The van der Waals surface area contributed by atoms with E-state index in [-0.39, 0.29) is 0 Å². The molecule has 0 saturated heterocycles. The molecule has 0 amide bonds. The standard InChI is InChI=1S/C10H14BrNS/c1-6(2)9-8(5-11)13-10(12-9)7-3-4-7/h6-7H,3-5H2,1-2H3. The van der Waals surface area contributed by atoms with Crippen LogP contribution in [0.5, 0.6) is 0 Å². The highest BCUT2D eigenvalue weighted by Crippen LogP contribution is 2.43. The molecule has 1 aromatic rings. The van der Waals surface area contributed by atoms with Crippen LogP contribution in [0.3, 0.4) is 0 Å². The maximum atomic E-state index is 4.73. The zero-order chi connectivity index (χ0) is 9.42. The number of aromatic nitrogens is 1. The fraction of sp³-hybridized carbons (Fsp3) is 0.700. The van der Waals surface area contributed by atoms with Crippen molar-refractivity contribution in [2.24, 2.45) is 0 Å². The quantitative estimate of drug-likeness (QED) is 0.747. The van der Waals surface area contributed by atoms with Gasteiger partial charge in [-0.15, -0.1) is 11.3 Å². The Morgan fingerprint density at radius 3 is 2.62 bits per heavy atom. The number of alkyl halides is 1. The van der Waals surface area contributed by atoms with E-state index in [1.807, 2.05) is 11.3 Å². The molecule has 2 rings (SSSR count). The lowest BCUT2D eigenvalue weighted by atomic mass is 10.1. The average molecular weight is 260 g/mol. The lowest BCUT2D eigenvalue weighted by molar-refractivity contribution is 0.814. The van der Waals surface area contributed by atoms with Gasteiger partial charge in [0.05, 0.1) is 10.7 Å². The van der Waals surface area contributed by atoms with E-state index in [0.29, 0.717) is 5.92 Å². The smallest absolute Gasteiger partial charge is 0.0962 e. The Labute approximate surface area is 91.7 Å². The fourth-order valence-electron chi connectivity index (χ4n) is 1.43. The summed E-state index contributed by atoms with van der Waals surface area (Å²) in [6.07, 6.45) is 2.71. The molecule has 13 heavy (non-hydrogen) atoms. The summed E-state index contributed by atoms with van der Waals surface area (Å²) >= 11 is 5.43. The fourth-order valence-corrected chi connectivity index (χ4v) is 3.30. The van der Waals surface area contributed by atoms with Gasteiger partial charge in [-0.3, -0.25) is 0 Å². The van der Waals surface area contributed by atoms with Gasteiger partial charge in [0.1, 0.15) is 0 Å². The molecule has 1 heterocycles.